The Kier molecular flexibility index (Phi) is 5.31. The van der Waals surface area contributed by atoms with E-state index in [1.807, 2.05) is 39.1 Å². The van der Waals surface area contributed by atoms with E-state index in [2.05, 4.69) is 38.1 Å². The van der Waals surface area contributed by atoms with Gasteiger partial charge >= 0.3 is 6.01 Å². The molecular formula is C16H20BrN3O. The first-order chi connectivity index (χ1) is 10.0. The van der Waals surface area contributed by atoms with Gasteiger partial charge in [0.15, 0.2) is 0 Å². The van der Waals surface area contributed by atoms with Crippen LogP contribution in [0.4, 0.5) is 0 Å². The Bertz CT molecular complexity index is 620. The molecule has 0 aliphatic rings. The van der Waals surface area contributed by atoms with Crippen LogP contribution in [0.1, 0.15) is 29.3 Å². The van der Waals surface area contributed by atoms with Crippen molar-refractivity contribution in [3.05, 3.63) is 45.2 Å². The number of aromatic nitrogens is 2. The molecule has 0 amide bonds. The van der Waals surface area contributed by atoms with Crippen LogP contribution >= 0.6 is 15.9 Å². The fourth-order valence-corrected chi connectivity index (χ4v) is 2.25. The number of rotatable bonds is 5. The third kappa shape index (κ3) is 4.02. The van der Waals surface area contributed by atoms with Crippen LogP contribution in [-0.2, 0) is 6.54 Å². The highest BCUT2D eigenvalue weighted by Gasteiger charge is 2.08. The van der Waals surface area contributed by atoms with Gasteiger partial charge in [0.2, 0.25) is 0 Å². The van der Waals surface area contributed by atoms with E-state index in [9.17, 15) is 0 Å². The quantitative estimate of drug-likeness (QED) is 0.883. The van der Waals surface area contributed by atoms with Crippen LogP contribution in [0.5, 0.6) is 11.8 Å². The second-order valence-corrected chi connectivity index (χ2v) is 5.81. The van der Waals surface area contributed by atoms with E-state index in [4.69, 9.17) is 4.74 Å². The van der Waals surface area contributed by atoms with Gasteiger partial charge in [0.25, 0.3) is 0 Å². The normalized spacial score (nSPS) is 10.7. The van der Waals surface area contributed by atoms with Gasteiger partial charge in [0.1, 0.15) is 5.75 Å². The number of ether oxygens (including phenoxy) is 1. The molecule has 4 nitrogen and oxygen atoms in total. The van der Waals surface area contributed by atoms with Gasteiger partial charge in [-0.25, -0.2) is 4.98 Å². The zero-order valence-corrected chi connectivity index (χ0v) is 14.4. The van der Waals surface area contributed by atoms with E-state index < -0.39 is 0 Å². The van der Waals surface area contributed by atoms with Gasteiger partial charge in [-0.1, -0.05) is 22.9 Å². The number of aryl methyl sites for hydroxylation is 3. The van der Waals surface area contributed by atoms with E-state index in [0.717, 1.165) is 45.7 Å². The third-order valence-corrected chi connectivity index (χ3v) is 4.49. The zero-order valence-electron chi connectivity index (χ0n) is 12.8. The number of hydrogen-bond donors (Lipinski definition) is 1. The summed E-state index contributed by atoms with van der Waals surface area (Å²) in [5.41, 5.74) is 4.29. The lowest BCUT2D eigenvalue weighted by molar-refractivity contribution is 0.438. The van der Waals surface area contributed by atoms with Crippen LogP contribution in [0.25, 0.3) is 0 Å². The van der Waals surface area contributed by atoms with Crippen LogP contribution in [0.2, 0.25) is 0 Å². The summed E-state index contributed by atoms with van der Waals surface area (Å²) in [5.74, 6) is 0.757. The molecule has 112 valence electrons. The molecule has 2 rings (SSSR count). The predicted octanol–water partition coefficient (Wildman–Crippen LogP) is 4.07. The summed E-state index contributed by atoms with van der Waals surface area (Å²) in [6.07, 6.45) is 1.82. The highest BCUT2D eigenvalue weighted by molar-refractivity contribution is 9.10. The van der Waals surface area contributed by atoms with Gasteiger partial charge in [-0.3, -0.25) is 0 Å². The molecule has 5 heteroatoms. The molecule has 21 heavy (non-hydrogen) atoms. The van der Waals surface area contributed by atoms with Crippen molar-refractivity contribution < 1.29 is 4.74 Å². The van der Waals surface area contributed by atoms with E-state index in [1.54, 1.807) is 0 Å². The molecule has 1 aromatic carbocycles. The molecule has 2 aromatic rings. The molecule has 0 spiro atoms. The molecule has 0 fully saturated rings. The van der Waals surface area contributed by atoms with Gasteiger partial charge < -0.3 is 10.1 Å². The van der Waals surface area contributed by atoms with Gasteiger partial charge in [0.05, 0.1) is 0 Å². The van der Waals surface area contributed by atoms with Gasteiger partial charge in [-0.2, -0.15) is 4.98 Å². The molecule has 0 aliphatic heterocycles. The fraction of sp³-hybridized carbons (Fsp3) is 0.375. The second kappa shape index (κ2) is 7.00. The van der Waals surface area contributed by atoms with Crippen molar-refractivity contribution in [2.75, 3.05) is 6.54 Å². The first-order valence-electron chi connectivity index (χ1n) is 6.99. The molecule has 1 heterocycles. The Morgan fingerprint density at radius 1 is 1.19 bits per heavy atom. The summed E-state index contributed by atoms with van der Waals surface area (Å²) in [4.78, 5) is 8.70. The highest BCUT2D eigenvalue weighted by atomic mass is 79.9. The standard InChI is InChI=1S/C16H20BrN3O/c1-5-18-8-13-9-19-16(20-12(13)4)21-14-6-10(2)15(17)11(3)7-14/h6-7,9,18H,5,8H2,1-4H3. The maximum atomic E-state index is 5.77. The monoisotopic (exact) mass is 349 g/mol. The third-order valence-electron chi connectivity index (χ3n) is 3.24. The molecule has 0 bridgehead atoms. The fourth-order valence-electron chi connectivity index (χ4n) is 2.02. The maximum Gasteiger partial charge on any atom is 0.322 e. The van der Waals surface area contributed by atoms with Crippen molar-refractivity contribution in [3.63, 3.8) is 0 Å². The molecule has 0 saturated carbocycles. The van der Waals surface area contributed by atoms with E-state index in [1.165, 1.54) is 0 Å². The van der Waals surface area contributed by atoms with Gasteiger partial charge in [-0.15, -0.1) is 0 Å². The Morgan fingerprint density at radius 2 is 1.86 bits per heavy atom. The zero-order chi connectivity index (χ0) is 15.4. The molecule has 1 aromatic heterocycles. The minimum absolute atomic E-state index is 0.383. The molecule has 1 N–H and O–H groups in total. The first kappa shape index (κ1) is 15.9. The summed E-state index contributed by atoms with van der Waals surface area (Å²) < 4.78 is 6.88. The van der Waals surface area contributed by atoms with Gasteiger partial charge in [-0.05, 0) is 50.6 Å². The van der Waals surface area contributed by atoms with Crippen LogP contribution < -0.4 is 10.1 Å². The van der Waals surface area contributed by atoms with Crippen molar-refractivity contribution >= 4 is 15.9 Å². The molecular weight excluding hydrogens is 330 g/mol. The molecule has 0 unspecified atom stereocenters. The molecule has 0 atom stereocenters. The van der Waals surface area contributed by atoms with Crippen molar-refractivity contribution in [1.29, 1.82) is 0 Å². The van der Waals surface area contributed by atoms with E-state index in [-0.39, 0.29) is 0 Å². The van der Waals surface area contributed by atoms with Crippen LogP contribution in [0.15, 0.2) is 22.8 Å². The number of benzene rings is 1. The lowest BCUT2D eigenvalue weighted by Gasteiger charge is -2.10. The summed E-state index contributed by atoms with van der Waals surface area (Å²) in [6.45, 7) is 9.82. The summed E-state index contributed by atoms with van der Waals surface area (Å²) >= 11 is 3.55. The minimum Gasteiger partial charge on any atom is -0.424 e. The number of nitrogens with zero attached hydrogens (tertiary/aromatic N) is 2. The maximum absolute atomic E-state index is 5.77. The number of nitrogens with one attached hydrogen (secondary N) is 1. The average Bonchev–Trinajstić information content (AvgIpc) is 2.44. The lowest BCUT2D eigenvalue weighted by Crippen LogP contribution is -2.13. The van der Waals surface area contributed by atoms with Crippen molar-refractivity contribution in [1.82, 2.24) is 15.3 Å². The SMILES string of the molecule is CCNCc1cnc(Oc2cc(C)c(Br)c(C)c2)nc1C. The van der Waals surface area contributed by atoms with Gasteiger partial charge in [0, 0.05) is 28.5 Å². The van der Waals surface area contributed by atoms with Crippen molar-refractivity contribution in [2.24, 2.45) is 0 Å². The Labute approximate surface area is 134 Å². The van der Waals surface area contributed by atoms with Crippen LogP contribution in [-0.4, -0.2) is 16.5 Å². The summed E-state index contributed by atoms with van der Waals surface area (Å²) in [7, 11) is 0. The van der Waals surface area contributed by atoms with Crippen LogP contribution in [0.3, 0.4) is 0 Å². The second-order valence-electron chi connectivity index (χ2n) is 5.02. The molecule has 0 saturated heterocycles. The molecule has 0 aliphatic carbocycles. The minimum atomic E-state index is 0.383. The average molecular weight is 350 g/mol. The van der Waals surface area contributed by atoms with Crippen molar-refractivity contribution in [2.45, 2.75) is 34.2 Å². The van der Waals surface area contributed by atoms with E-state index >= 15 is 0 Å². The smallest absolute Gasteiger partial charge is 0.322 e. The predicted molar refractivity (Wildman–Crippen MR) is 87.8 cm³/mol. The van der Waals surface area contributed by atoms with Crippen LogP contribution in [0, 0.1) is 20.8 Å². The Morgan fingerprint density at radius 3 is 2.43 bits per heavy atom. The first-order valence-corrected chi connectivity index (χ1v) is 7.78. The Balaban J connectivity index is 2.18. The number of hydrogen-bond acceptors (Lipinski definition) is 4. The lowest BCUT2D eigenvalue weighted by atomic mass is 10.1. The summed E-state index contributed by atoms with van der Waals surface area (Å²) in [5, 5.41) is 3.27. The van der Waals surface area contributed by atoms with E-state index in [0.29, 0.717) is 6.01 Å². The highest BCUT2D eigenvalue weighted by Crippen LogP contribution is 2.28. The molecule has 0 radical (unpaired) electrons. The Hall–Kier alpha value is -1.46. The van der Waals surface area contributed by atoms with Crippen molar-refractivity contribution in [3.8, 4) is 11.8 Å². The topological polar surface area (TPSA) is 47.0 Å². The number of halogens is 1. The summed E-state index contributed by atoms with van der Waals surface area (Å²) in [6, 6.07) is 4.33. The largest absolute Gasteiger partial charge is 0.424 e.